The minimum atomic E-state index is -3.73. The molecule has 6 heteroatoms. The highest BCUT2D eigenvalue weighted by Crippen LogP contribution is 2.25. The van der Waals surface area contributed by atoms with E-state index in [1.165, 1.54) is 12.1 Å². The van der Waals surface area contributed by atoms with Crippen LogP contribution in [0.4, 0.5) is 11.4 Å². The van der Waals surface area contributed by atoms with Gasteiger partial charge in [-0.05, 0) is 24.3 Å². The summed E-state index contributed by atoms with van der Waals surface area (Å²) in [6, 6.07) is 12.8. The number of rotatable bonds is 3. The number of nitrogens with two attached hydrogens (primary N) is 1. The molecule has 2 aromatic carbocycles. The van der Waals surface area contributed by atoms with Gasteiger partial charge in [0.2, 0.25) is 0 Å². The lowest BCUT2D eigenvalue weighted by Crippen LogP contribution is -2.14. The molecule has 3 N–H and O–H groups in total. The van der Waals surface area contributed by atoms with E-state index in [9.17, 15) is 8.42 Å². The van der Waals surface area contributed by atoms with Gasteiger partial charge in [0.1, 0.15) is 4.90 Å². The minimum absolute atomic E-state index is 0.0231. The van der Waals surface area contributed by atoms with Crippen LogP contribution in [0.1, 0.15) is 0 Å². The van der Waals surface area contributed by atoms with Gasteiger partial charge in [-0.1, -0.05) is 35.9 Å². The zero-order chi connectivity index (χ0) is 13.2. The third kappa shape index (κ3) is 2.57. The van der Waals surface area contributed by atoms with Crippen LogP contribution in [0.15, 0.2) is 53.4 Å². The number of anilines is 2. The first-order chi connectivity index (χ1) is 8.50. The van der Waals surface area contributed by atoms with Gasteiger partial charge in [-0.25, -0.2) is 8.42 Å². The topological polar surface area (TPSA) is 72.2 Å². The second-order valence-electron chi connectivity index (χ2n) is 3.62. The monoisotopic (exact) mass is 282 g/mol. The Labute approximate surface area is 110 Å². The third-order valence-corrected chi connectivity index (χ3v) is 4.20. The van der Waals surface area contributed by atoms with Crippen LogP contribution < -0.4 is 10.5 Å². The molecule has 0 atom stereocenters. The van der Waals surface area contributed by atoms with Crippen LogP contribution in [0.2, 0.25) is 5.02 Å². The summed E-state index contributed by atoms with van der Waals surface area (Å²) in [5.74, 6) is 0. The van der Waals surface area contributed by atoms with E-state index in [2.05, 4.69) is 4.72 Å². The van der Waals surface area contributed by atoms with Crippen LogP contribution >= 0.6 is 11.6 Å². The molecule has 0 aliphatic heterocycles. The lowest BCUT2D eigenvalue weighted by atomic mass is 10.3. The molecule has 2 rings (SSSR count). The normalized spacial score (nSPS) is 11.2. The fourth-order valence-electron chi connectivity index (χ4n) is 1.45. The Hall–Kier alpha value is -1.72. The first-order valence-corrected chi connectivity index (χ1v) is 6.99. The van der Waals surface area contributed by atoms with Crippen LogP contribution in [-0.4, -0.2) is 8.42 Å². The van der Waals surface area contributed by atoms with Gasteiger partial charge in [-0.2, -0.15) is 0 Å². The van der Waals surface area contributed by atoms with Gasteiger partial charge in [-0.3, -0.25) is 4.72 Å². The number of benzene rings is 2. The molecule has 0 fully saturated rings. The highest BCUT2D eigenvalue weighted by Gasteiger charge is 2.18. The summed E-state index contributed by atoms with van der Waals surface area (Å²) in [5.41, 5.74) is 6.37. The minimum Gasteiger partial charge on any atom is -0.397 e. The second-order valence-corrected chi connectivity index (χ2v) is 5.68. The lowest BCUT2D eigenvalue weighted by molar-refractivity contribution is 0.601. The number of nitrogen functional groups attached to an aromatic ring is 1. The van der Waals surface area contributed by atoms with E-state index in [0.717, 1.165) is 0 Å². The van der Waals surface area contributed by atoms with Gasteiger partial charge in [0.15, 0.2) is 0 Å². The van der Waals surface area contributed by atoms with Crippen LogP contribution in [0.5, 0.6) is 0 Å². The van der Waals surface area contributed by atoms with Gasteiger partial charge in [0.05, 0.1) is 16.4 Å². The predicted octanol–water partition coefficient (Wildman–Crippen LogP) is 2.72. The molecular formula is C12H11ClN2O2S. The van der Waals surface area contributed by atoms with Crippen LogP contribution in [0.25, 0.3) is 0 Å². The van der Waals surface area contributed by atoms with Crippen LogP contribution in [-0.2, 0) is 10.0 Å². The molecule has 0 heterocycles. The average molecular weight is 283 g/mol. The standard InChI is InChI=1S/C12H11ClN2O2S/c13-9-5-1-4-8-12(9)18(16,17)15-11-7-3-2-6-10(11)14/h1-8,15H,14H2. The summed E-state index contributed by atoms with van der Waals surface area (Å²) < 4.78 is 26.7. The summed E-state index contributed by atoms with van der Waals surface area (Å²) in [7, 11) is -3.73. The van der Waals surface area contributed by atoms with Crippen molar-refractivity contribution in [3.8, 4) is 0 Å². The van der Waals surface area contributed by atoms with Gasteiger partial charge < -0.3 is 5.73 Å². The fraction of sp³-hybridized carbons (Fsp3) is 0. The highest BCUT2D eigenvalue weighted by atomic mass is 35.5. The number of hydrogen-bond donors (Lipinski definition) is 2. The Balaban J connectivity index is 2.40. The molecule has 94 valence electrons. The van der Waals surface area contributed by atoms with E-state index < -0.39 is 10.0 Å². The Morgan fingerprint density at radius 3 is 2.28 bits per heavy atom. The number of nitrogens with one attached hydrogen (secondary N) is 1. The average Bonchev–Trinajstić information content (AvgIpc) is 2.32. The number of sulfonamides is 1. The Morgan fingerprint density at radius 1 is 1.00 bits per heavy atom. The van der Waals surface area contributed by atoms with Crippen molar-refractivity contribution in [1.82, 2.24) is 0 Å². The predicted molar refractivity (Wildman–Crippen MR) is 73.1 cm³/mol. The largest absolute Gasteiger partial charge is 0.397 e. The number of hydrogen-bond acceptors (Lipinski definition) is 3. The first kappa shape index (κ1) is 12.7. The van der Waals surface area contributed by atoms with Gasteiger partial charge in [0, 0.05) is 0 Å². The molecular weight excluding hydrogens is 272 g/mol. The molecule has 0 spiro atoms. The maximum Gasteiger partial charge on any atom is 0.263 e. The van der Waals surface area contributed by atoms with Gasteiger partial charge in [0.25, 0.3) is 10.0 Å². The molecule has 4 nitrogen and oxygen atoms in total. The molecule has 0 unspecified atom stereocenters. The quantitative estimate of drug-likeness (QED) is 0.850. The van der Waals surface area contributed by atoms with Crippen LogP contribution in [0.3, 0.4) is 0 Å². The van der Waals surface area contributed by atoms with Crippen molar-refractivity contribution in [3.05, 3.63) is 53.6 Å². The molecule has 0 aliphatic rings. The lowest BCUT2D eigenvalue weighted by Gasteiger charge is -2.10. The van der Waals surface area contributed by atoms with Crippen molar-refractivity contribution >= 4 is 33.0 Å². The molecule has 0 saturated carbocycles. The summed E-state index contributed by atoms with van der Waals surface area (Å²) in [5, 5.41) is 0.166. The van der Waals surface area contributed by atoms with Crippen molar-refractivity contribution in [2.75, 3.05) is 10.5 Å². The summed E-state index contributed by atoms with van der Waals surface area (Å²) >= 11 is 5.86. The Bertz CT molecular complexity index is 671. The molecule has 0 saturated heterocycles. The number of halogens is 1. The molecule has 18 heavy (non-hydrogen) atoms. The maximum absolute atomic E-state index is 12.1. The van der Waals surface area contributed by atoms with Crippen molar-refractivity contribution in [2.45, 2.75) is 4.90 Å². The molecule has 0 aromatic heterocycles. The van der Waals surface area contributed by atoms with Gasteiger partial charge in [-0.15, -0.1) is 0 Å². The Kier molecular flexibility index (Phi) is 3.45. The zero-order valence-corrected chi connectivity index (χ0v) is 10.9. The third-order valence-electron chi connectivity index (χ3n) is 2.33. The Morgan fingerprint density at radius 2 is 1.61 bits per heavy atom. The summed E-state index contributed by atoms with van der Waals surface area (Å²) in [6.45, 7) is 0. The molecule has 2 aromatic rings. The molecule has 0 bridgehead atoms. The van der Waals surface area contributed by atoms with E-state index >= 15 is 0 Å². The van der Waals surface area contributed by atoms with E-state index in [-0.39, 0.29) is 9.92 Å². The van der Waals surface area contributed by atoms with E-state index in [1.807, 2.05) is 0 Å². The molecule has 0 radical (unpaired) electrons. The fourth-order valence-corrected chi connectivity index (χ4v) is 3.06. The zero-order valence-electron chi connectivity index (χ0n) is 9.30. The highest BCUT2D eigenvalue weighted by molar-refractivity contribution is 7.92. The smallest absolute Gasteiger partial charge is 0.263 e. The summed E-state index contributed by atoms with van der Waals surface area (Å²) in [6.07, 6.45) is 0. The van der Waals surface area contributed by atoms with Gasteiger partial charge >= 0.3 is 0 Å². The van der Waals surface area contributed by atoms with E-state index in [0.29, 0.717) is 11.4 Å². The SMILES string of the molecule is Nc1ccccc1NS(=O)(=O)c1ccccc1Cl. The van der Waals surface area contributed by atoms with Crippen molar-refractivity contribution in [3.63, 3.8) is 0 Å². The van der Waals surface area contributed by atoms with Crippen molar-refractivity contribution in [2.24, 2.45) is 0 Å². The first-order valence-electron chi connectivity index (χ1n) is 5.12. The van der Waals surface area contributed by atoms with E-state index in [1.54, 1.807) is 36.4 Å². The second kappa shape index (κ2) is 4.88. The van der Waals surface area contributed by atoms with E-state index in [4.69, 9.17) is 17.3 Å². The van der Waals surface area contributed by atoms with Crippen LogP contribution in [0, 0.1) is 0 Å². The molecule has 0 aliphatic carbocycles. The molecule has 0 amide bonds. The number of para-hydroxylation sites is 2. The van der Waals surface area contributed by atoms with Crippen molar-refractivity contribution < 1.29 is 8.42 Å². The maximum atomic E-state index is 12.1. The van der Waals surface area contributed by atoms with Crippen molar-refractivity contribution in [1.29, 1.82) is 0 Å². The summed E-state index contributed by atoms with van der Waals surface area (Å²) in [4.78, 5) is 0.0231.